The number of hydrogen-bond donors (Lipinski definition) is 3. The molecule has 2 atom stereocenters. The maximum absolute atomic E-state index is 12.7. The first-order valence-corrected chi connectivity index (χ1v) is 25.2. The number of phosphoric acid groups is 1. The Hall–Kier alpha value is -1.56. The van der Waals surface area contributed by atoms with Crippen LogP contribution in [0.25, 0.3) is 0 Å². The molecule has 0 saturated carbocycles. The smallest absolute Gasteiger partial charge is 0.462 e. The Labute approximate surface area is 354 Å². The third kappa shape index (κ3) is 42.6. The molecule has 0 spiro atoms. The van der Waals surface area contributed by atoms with Gasteiger partial charge in [-0.2, -0.15) is 0 Å². The summed E-state index contributed by atoms with van der Waals surface area (Å²) in [7, 11) is -4.55. The van der Waals surface area contributed by atoms with Crippen molar-refractivity contribution in [3.63, 3.8) is 0 Å². The molecule has 0 radical (unpaired) electrons. The largest absolute Gasteiger partial charge is 0.472 e. The molecule has 0 aromatic heterocycles. The van der Waals surface area contributed by atoms with Crippen molar-refractivity contribution >= 4 is 25.7 Å². The summed E-state index contributed by atoms with van der Waals surface area (Å²) in [6, 6.07) is 0. The molecule has 4 N–H and O–H groups in total. The highest BCUT2D eigenvalue weighted by Crippen LogP contribution is 2.43. The first kappa shape index (κ1) is 56.4. The fourth-order valence-electron chi connectivity index (χ4n) is 6.77. The van der Waals surface area contributed by atoms with Gasteiger partial charge in [-0.1, -0.05) is 194 Å². The van der Waals surface area contributed by atoms with E-state index in [2.05, 4.69) is 19.2 Å². The third-order valence-corrected chi connectivity index (χ3v) is 11.3. The van der Waals surface area contributed by atoms with Crippen molar-refractivity contribution in [2.24, 2.45) is 5.73 Å². The van der Waals surface area contributed by atoms with E-state index < -0.39 is 38.4 Å². The van der Waals surface area contributed by atoms with Crippen molar-refractivity contribution < 1.29 is 47.1 Å². The maximum Gasteiger partial charge on any atom is 0.472 e. The lowest BCUT2D eigenvalue weighted by atomic mass is 10.0. The van der Waals surface area contributed by atoms with Gasteiger partial charge in [0, 0.05) is 25.9 Å². The van der Waals surface area contributed by atoms with Crippen LogP contribution in [0.2, 0.25) is 0 Å². The highest BCUT2D eigenvalue weighted by molar-refractivity contribution is 7.47. The van der Waals surface area contributed by atoms with Gasteiger partial charge >= 0.3 is 19.8 Å². The van der Waals surface area contributed by atoms with Gasteiger partial charge < -0.3 is 30.2 Å². The molecule has 0 aliphatic carbocycles. The summed E-state index contributed by atoms with van der Waals surface area (Å²) in [5.41, 5.74) is 5.33. The van der Waals surface area contributed by atoms with Gasteiger partial charge in [0.05, 0.1) is 19.8 Å². The Morgan fingerprint density at radius 2 is 0.948 bits per heavy atom. The lowest BCUT2D eigenvalue weighted by Crippen LogP contribution is -2.31. The highest BCUT2D eigenvalue weighted by atomic mass is 31.2. The van der Waals surface area contributed by atoms with Crippen LogP contribution in [0.5, 0.6) is 0 Å². The standard InChI is InChI=1S/C45H89N2O10P/c1-3-5-7-9-11-13-15-17-19-21-23-25-27-29-31-33-44(49)54-39-42(40-56-58(51,52)55-38-36-47-43(48)41-53-37-35-46)57-45(50)34-32-30-28-26-24-22-20-18-16-14-12-10-8-6-4-2/h42H,3-41,46H2,1-2H3,(H,47,48)(H,51,52)/t42-/m1/s1. The molecule has 12 nitrogen and oxygen atoms in total. The maximum atomic E-state index is 12.7. The second-order valence-corrected chi connectivity index (χ2v) is 17.4. The molecule has 0 aromatic carbocycles. The number of hydrogen-bond acceptors (Lipinski definition) is 10. The Kier molecular flexibility index (Phi) is 42.4. The molecule has 344 valence electrons. The first-order chi connectivity index (χ1) is 28.2. The Morgan fingerprint density at radius 1 is 0.552 bits per heavy atom. The van der Waals surface area contributed by atoms with E-state index in [1.807, 2.05) is 0 Å². The van der Waals surface area contributed by atoms with E-state index in [9.17, 15) is 23.8 Å². The van der Waals surface area contributed by atoms with E-state index >= 15 is 0 Å². The monoisotopic (exact) mass is 849 g/mol. The van der Waals surface area contributed by atoms with E-state index in [1.54, 1.807) is 0 Å². The van der Waals surface area contributed by atoms with Crippen molar-refractivity contribution in [2.45, 2.75) is 225 Å². The summed E-state index contributed by atoms with van der Waals surface area (Å²) in [6.07, 6.45) is 36.3. The van der Waals surface area contributed by atoms with Gasteiger partial charge in [-0.15, -0.1) is 0 Å². The molecule has 0 saturated heterocycles. The number of rotatable bonds is 46. The van der Waals surface area contributed by atoms with Crippen molar-refractivity contribution in [1.29, 1.82) is 0 Å². The van der Waals surface area contributed by atoms with Crippen LogP contribution in [0, 0.1) is 0 Å². The summed E-state index contributed by atoms with van der Waals surface area (Å²) < 4.78 is 38.5. The van der Waals surface area contributed by atoms with E-state index in [0.29, 0.717) is 12.8 Å². The molecular formula is C45H89N2O10P. The minimum atomic E-state index is -4.55. The molecule has 0 rings (SSSR count). The lowest BCUT2D eigenvalue weighted by molar-refractivity contribution is -0.161. The molecule has 1 amide bonds. The fourth-order valence-corrected chi connectivity index (χ4v) is 7.52. The summed E-state index contributed by atoms with van der Waals surface area (Å²) >= 11 is 0. The van der Waals surface area contributed by atoms with E-state index in [0.717, 1.165) is 32.1 Å². The summed E-state index contributed by atoms with van der Waals surface area (Å²) in [5.74, 6) is -1.30. The zero-order valence-corrected chi connectivity index (χ0v) is 38.2. The molecular weight excluding hydrogens is 759 g/mol. The predicted molar refractivity (Wildman–Crippen MR) is 235 cm³/mol. The summed E-state index contributed by atoms with van der Waals surface area (Å²) in [6.45, 7) is 3.72. The number of esters is 2. The molecule has 0 bridgehead atoms. The van der Waals surface area contributed by atoms with E-state index in [-0.39, 0.29) is 52.4 Å². The predicted octanol–water partition coefficient (Wildman–Crippen LogP) is 11.2. The molecule has 0 aromatic rings. The van der Waals surface area contributed by atoms with Gasteiger partial charge in [-0.3, -0.25) is 23.4 Å². The number of amides is 1. The quantitative estimate of drug-likeness (QED) is 0.0302. The van der Waals surface area contributed by atoms with Gasteiger partial charge in [0.1, 0.15) is 13.2 Å². The van der Waals surface area contributed by atoms with Crippen LogP contribution in [-0.2, 0) is 42.2 Å². The van der Waals surface area contributed by atoms with Gasteiger partial charge in [0.2, 0.25) is 5.91 Å². The molecule has 0 fully saturated rings. The number of unbranched alkanes of at least 4 members (excludes halogenated alkanes) is 28. The molecule has 0 heterocycles. The average Bonchev–Trinajstić information content (AvgIpc) is 3.20. The molecule has 58 heavy (non-hydrogen) atoms. The van der Waals surface area contributed by atoms with Crippen LogP contribution < -0.4 is 11.1 Å². The Bertz CT molecular complexity index is 989. The molecule has 0 aliphatic rings. The van der Waals surface area contributed by atoms with E-state index in [4.69, 9.17) is 29.0 Å². The van der Waals surface area contributed by atoms with Crippen LogP contribution in [0.15, 0.2) is 0 Å². The Morgan fingerprint density at radius 3 is 1.36 bits per heavy atom. The van der Waals surface area contributed by atoms with E-state index in [1.165, 1.54) is 148 Å². The lowest BCUT2D eigenvalue weighted by Gasteiger charge is -2.20. The number of ether oxygens (including phenoxy) is 3. The minimum absolute atomic E-state index is 0.0483. The van der Waals surface area contributed by atoms with Crippen LogP contribution in [-0.4, -0.2) is 75.0 Å². The van der Waals surface area contributed by atoms with Gasteiger partial charge in [-0.25, -0.2) is 4.57 Å². The topological polar surface area (TPSA) is 173 Å². The third-order valence-electron chi connectivity index (χ3n) is 10.3. The number of nitrogens with one attached hydrogen (secondary N) is 1. The van der Waals surface area contributed by atoms with Crippen LogP contribution in [0.1, 0.15) is 219 Å². The SMILES string of the molecule is CCCCCCCCCCCCCCCCCC(=O)OC[C@H](COP(=O)(O)OCCNC(=O)COCCN)OC(=O)CCCCCCCCCCCCCCCCC. The van der Waals surface area contributed by atoms with Gasteiger partial charge in [0.25, 0.3) is 0 Å². The molecule has 1 unspecified atom stereocenters. The van der Waals surface area contributed by atoms with Crippen molar-refractivity contribution in [1.82, 2.24) is 5.32 Å². The second kappa shape index (κ2) is 43.5. The zero-order chi connectivity index (χ0) is 42.6. The fraction of sp³-hybridized carbons (Fsp3) is 0.933. The number of phosphoric ester groups is 1. The van der Waals surface area contributed by atoms with Crippen molar-refractivity contribution in [3.8, 4) is 0 Å². The van der Waals surface area contributed by atoms with Crippen molar-refractivity contribution in [3.05, 3.63) is 0 Å². The Balaban J connectivity index is 4.42. The molecule has 13 heteroatoms. The number of carbonyl (C=O) groups excluding carboxylic acids is 3. The second-order valence-electron chi connectivity index (χ2n) is 16.0. The van der Waals surface area contributed by atoms with Crippen LogP contribution in [0.3, 0.4) is 0 Å². The zero-order valence-electron chi connectivity index (χ0n) is 37.3. The average molecular weight is 849 g/mol. The first-order valence-electron chi connectivity index (χ1n) is 23.8. The normalized spacial score (nSPS) is 13.0. The minimum Gasteiger partial charge on any atom is -0.462 e. The highest BCUT2D eigenvalue weighted by Gasteiger charge is 2.26. The van der Waals surface area contributed by atoms with Gasteiger partial charge in [0.15, 0.2) is 6.10 Å². The van der Waals surface area contributed by atoms with Crippen LogP contribution >= 0.6 is 7.82 Å². The van der Waals surface area contributed by atoms with Crippen LogP contribution in [0.4, 0.5) is 0 Å². The number of nitrogens with two attached hydrogens (primary N) is 1. The summed E-state index contributed by atoms with van der Waals surface area (Å²) in [4.78, 5) is 47.1. The molecule has 0 aliphatic heterocycles. The number of carbonyl (C=O) groups is 3. The summed E-state index contributed by atoms with van der Waals surface area (Å²) in [5, 5.41) is 2.50. The van der Waals surface area contributed by atoms with Gasteiger partial charge in [-0.05, 0) is 12.8 Å². The van der Waals surface area contributed by atoms with Crippen molar-refractivity contribution in [2.75, 3.05) is 46.1 Å².